The first-order valence-corrected chi connectivity index (χ1v) is 7.40. The Hall–Kier alpha value is -2.17. The van der Waals surface area contributed by atoms with Crippen molar-refractivity contribution in [3.05, 3.63) is 30.7 Å². The fourth-order valence-corrected chi connectivity index (χ4v) is 1.94. The summed E-state index contributed by atoms with van der Waals surface area (Å²) in [5.74, 6) is 1.32. The molecule has 0 saturated heterocycles. The maximum atomic E-state index is 9.20. The molecule has 0 aromatic carbocycles. The molecule has 0 fully saturated rings. The van der Waals surface area contributed by atoms with Gasteiger partial charge >= 0.3 is 0 Å². The summed E-state index contributed by atoms with van der Waals surface area (Å²) in [6.45, 7) is 2.90. The Kier molecular flexibility index (Phi) is 5.94. The van der Waals surface area contributed by atoms with Crippen LogP contribution >= 0.6 is 0 Å². The Labute approximate surface area is 125 Å². The molecule has 1 N–H and O–H groups in total. The highest BCUT2D eigenvalue weighted by Gasteiger charge is 2.03. The summed E-state index contributed by atoms with van der Waals surface area (Å²) in [4.78, 5) is 12.5. The summed E-state index contributed by atoms with van der Waals surface area (Å²) in [7, 11) is 0. The largest absolute Gasteiger partial charge is 0.506 e. The predicted octanol–water partition coefficient (Wildman–Crippen LogP) is 3.59. The first-order chi connectivity index (χ1) is 10.3. The van der Waals surface area contributed by atoms with Crippen LogP contribution in [0.1, 0.15) is 39.0 Å². The fraction of sp³-hybridized carbons (Fsp3) is 0.438. The number of hydrogen-bond acceptors (Lipinski definition) is 5. The van der Waals surface area contributed by atoms with E-state index in [1.54, 1.807) is 24.5 Å². The van der Waals surface area contributed by atoms with E-state index in [0.717, 1.165) is 6.42 Å². The highest BCUT2D eigenvalue weighted by Crippen LogP contribution is 2.16. The summed E-state index contributed by atoms with van der Waals surface area (Å²) in [6, 6.07) is 3.24. The smallest absolute Gasteiger partial charge is 0.178 e. The van der Waals surface area contributed by atoms with Gasteiger partial charge in [-0.15, -0.1) is 0 Å². The van der Waals surface area contributed by atoms with Gasteiger partial charge in [0.25, 0.3) is 0 Å². The van der Waals surface area contributed by atoms with Gasteiger partial charge in [-0.2, -0.15) is 0 Å². The summed E-state index contributed by atoms with van der Waals surface area (Å²) in [5, 5.41) is 9.20. The Morgan fingerprint density at radius 1 is 0.952 bits per heavy atom. The minimum Gasteiger partial charge on any atom is -0.506 e. The zero-order valence-corrected chi connectivity index (χ0v) is 12.3. The van der Waals surface area contributed by atoms with Gasteiger partial charge in [0.2, 0.25) is 0 Å². The third kappa shape index (κ3) is 5.02. The molecule has 0 atom stereocenters. The van der Waals surface area contributed by atoms with Crippen LogP contribution in [-0.4, -0.2) is 26.7 Å². The third-order valence-electron chi connectivity index (χ3n) is 3.12. The Bertz CT molecular complexity index is 526. The van der Waals surface area contributed by atoms with Crippen molar-refractivity contribution in [3.63, 3.8) is 0 Å². The van der Waals surface area contributed by atoms with Crippen molar-refractivity contribution in [2.75, 3.05) is 6.61 Å². The number of ether oxygens (including phenoxy) is 1. The van der Waals surface area contributed by atoms with E-state index < -0.39 is 0 Å². The minimum atomic E-state index is 0.127. The molecule has 112 valence electrons. The highest BCUT2D eigenvalue weighted by molar-refractivity contribution is 5.49. The van der Waals surface area contributed by atoms with Gasteiger partial charge in [-0.1, -0.05) is 32.6 Å². The summed E-state index contributed by atoms with van der Waals surface area (Å²) in [5.41, 5.74) is 0.624. The van der Waals surface area contributed by atoms with Gasteiger partial charge < -0.3 is 9.84 Å². The lowest BCUT2D eigenvalue weighted by atomic mass is 10.2. The zero-order chi connectivity index (χ0) is 14.9. The molecule has 0 amide bonds. The lowest BCUT2D eigenvalue weighted by Gasteiger charge is -2.06. The molecular weight excluding hydrogens is 266 g/mol. The van der Waals surface area contributed by atoms with E-state index in [1.165, 1.54) is 31.9 Å². The van der Waals surface area contributed by atoms with Crippen LogP contribution < -0.4 is 4.74 Å². The molecule has 2 rings (SSSR count). The molecule has 0 unspecified atom stereocenters. The number of hydrogen-bond donors (Lipinski definition) is 1. The van der Waals surface area contributed by atoms with Crippen molar-refractivity contribution < 1.29 is 9.84 Å². The van der Waals surface area contributed by atoms with E-state index in [2.05, 4.69) is 21.9 Å². The molecule has 0 saturated carbocycles. The number of rotatable bonds is 8. The van der Waals surface area contributed by atoms with E-state index in [4.69, 9.17) is 4.74 Å². The second-order valence-electron chi connectivity index (χ2n) is 4.91. The quantitative estimate of drug-likeness (QED) is 0.751. The zero-order valence-electron chi connectivity index (χ0n) is 12.3. The molecule has 0 aliphatic heterocycles. The van der Waals surface area contributed by atoms with Gasteiger partial charge in [0, 0.05) is 0 Å². The molecule has 0 radical (unpaired) electrons. The number of aromatic nitrogens is 3. The van der Waals surface area contributed by atoms with E-state index in [1.807, 2.05) is 0 Å². The van der Waals surface area contributed by atoms with Crippen LogP contribution in [-0.2, 0) is 0 Å². The molecule has 0 spiro atoms. The number of aromatic hydroxyl groups is 1. The lowest BCUT2D eigenvalue weighted by molar-refractivity contribution is 0.302. The second-order valence-corrected chi connectivity index (χ2v) is 4.91. The van der Waals surface area contributed by atoms with E-state index in [-0.39, 0.29) is 5.75 Å². The Morgan fingerprint density at radius 3 is 2.38 bits per heavy atom. The van der Waals surface area contributed by atoms with Gasteiger partial charge in [-0.05, 0) is 18.6 Å². The summed E-state index contributed by atoms with van der Waals surface area (Å²) < 4.78 is 5.61. The highest BCUT2D eigenvalue weighted by atomic mass is 16.5. The topological polar surface area (TPSA) is 68.1 Å². The molecule has 5 heteroatoms. The van der Waals surface area contributed by atoms with Gasteiger partial charge in [-0.25, -0.2) is 15.0 Å². The lowest BCUT2D eigenvalue weighted by Crippen LogP contribution is -1.99. The molecule has 0 aliphatic rings. The van der Waals surface area contributed by atoms with Crippen LogP contribution in [0.5, 0.6) is 11.5 Å². The van der Waals surface area contributed by atoms with E-state index in [0.29, 0.717) is 23.9 Å². The van der Waals surface area contributed by atoms with Crippen LogP contribution in [0.4, 0.5) is 0 Å². The van der Waals surface area contributed by atoms with Crippen LogP contribution in [0.15, 0.2) is 30.7 Å². The Morgan fingerprint density at radius 2 is 1.71 bits per heavy atom. The molecular formula is C16H21N3O2. The third-order valence-corrected chi connectivity index (χ3v) is 3.12. The molecule has 21 heavy (non-hydrogen) atoms. The van der Waals surface area contributed by atoms with Crippen molar-refractivity contribution >= 4 is 0 Å². The average molecular weight is 287 g/mol. The fourth-order valence-electron chi connectivity index (χ4n) is 1.94. The molecule has 5 nitrogen and oxygen atoms in total. The number of nitrogens with zero attached hydrogens (tertiary/aromatic N) is 3. The first-order valence-electron chi connectivity index (χ1n) is 7.40. The standard InChI is InChI=1S/C16H21N3O2/c1-2-3-4-5-6-9-21-14-11-18-16(19-12-14)15-8-7-13(20)10-17-15/h7-8,10-12,20H,2-6,9H2,1H3. The predicted molar refractivity (Wildman–Crippen MR) is 81.2 cm³/mol. The molecule has 0 bridgehead atoms. The van der Waals surface area contributed by atoms with Crippen LogP contribution in [0.3, 0.4) is 0 Å². The van der Waals surface area contributed by atoms with Crippen LogP contribution in [0.2, 0.25) is 0 Å². The number of unbranched alkanes of at least 4 members (excludes halogenated alkanes) is 4. The average Bonchev–Trinajstić information content (AvgIpc) is 2.52. The maximum Gasteiger partial charge on any atom is 0.178 e. The normalized spacial score (nSPS) is 10.5. The molecule has 2 aromatic heterocycles. The molecule has 2 aromatic rings. The molecule has 0 aliphatic carbocycles. The second kappa shape index (κ2) is 8.19. The SMILES string of the molecule is CCCCCCCOc1cnc(-c2ccc(O)cn2)nc1. The van der Waals surface area contributed by atoms with Gasteiger partial charge in [-0.3, -0.25) is 0 Å². The van der Waals surface area contributed by atoms with Crippen LogP contribution in [0, 0.1) is 0 Å². The van der Waals surface area contributed by atoms with Gasteiger partial charge in [0.05, 0.1) is 25.2 Å². The number of pyridine rings is 1. The minimum absolute atomic E-state index is 0.127. The summed E-state index contributed by atoms with van der Waals surface area (Å²) >= 11 is 0. The Balaban J connectivity index is 1.80. The van der Waals surface area contributed by atoms with Crippen molar-refractivity contribution in [3.8, 4) is 23.0 Å². The molecule has 2 heterocycles. The van der Waals surface area contributed by atoms with Gasteiger partial charge in [0.15, 0.2) is 11.6 Å². The van der Waals surface area contributed by atoms with Crippen molar-refractivity contribution in [2.45, 2.75) is 39.0 Å². The maximum absolute atomic E-state index is 9.20. The van der Waals surface area contributed by atoms with Crippen LogP contribution in [0.25, 0.3) is 11.5 Å². The van der Waals surface area contributed by atoms with Crippen molar-refractivity contribution in [2.24, 2.45) is 0 Å². The summed E-state index contributed by atoms with van der Waals surface area (Å²) in [6.07, 6.45) is 10.7. The van der Waals surface area contributed by atoms with Crippen molar-refractivity contribution in [1.29, 1.82) is 0 Å². The first kappa shape index (κ1) is 15.2. The van der Waals surface area contributed by atoms with E-state index >= 15 is 0 Å². The van der Waals surface area contributed by atoms with Crippen molar-refractivity contribution in [1.82, 2.24) is 15.0 Å². The monoisotopic (exact) mass is 287 g/mol. The van der Waals surface area contributed by atoms with E-state index in [9.17, 15) is 5.11 Å². The van der Waals surface area contributed by atoms with Gasteiger partial charge in [0.1, 0.15) is 11.4 Å².